The molecule has 1 heterocycles. The first-order chi connectivity index (χ1) is 44.2. The van der Waals surface area contributed by atoms with E-state index in [0.717, 1.165) is 77.0 Å². The Morgan fingerprint density at radius 1 is 0.422 bits per heavy atom. The van der Waals surface area contributed by atoms with Crippen molar-refractivity contribution in [3.63, 3.8) is 0 Å². The molecule has 11 nitrogen and oxygen atoms in total. The van der Waals surface area contributed by atoms with Crippen LogP contribution in [-0.2, 0) is 23.8 Å². The molecule has 0 aromatic rings. The normalized spacial score (nSPS) is 18.1. The summed E-state index contributed by atoms with van der Waals surface area (Å²) in [6.07, 6.45) is 82.4. The number of aliphatic hydroxyl groups is 5. The van der Waals surface area contributed by atoms with Gasteiger partial charge in [-0.3, -0.25) is 9.59 Å². The van der Waals surface area contributed by atoms with Gasteiger partial charge in [0.05, 0.1) is 32.0 Å². The van der Waals surface area contributed by atoms with E-state index >= 15 is 0 Å². The molecule has 6 N–H and O–H groups in total. The maximum Gasteiger partial charge on any atom is 0.305 e. The molecule has 0 aromatic heterocycles. The third kappa shape index (κ3) is 55.5. The summed E-state index contributed by atoms with van der Waals surface area (Å²) in [4.78, 5) is 25.1. The predicted molar refractivity (Wildman–Crippen MR) is 380 cm³/mol. The first-order valence-corrected chi connectivity index (χ1v) is 38.2. The molecule has 7 atom stereocenters. The predicted octanol–water partition coefficient (Wildman–Crippen LogP) is 20.2. The molecule has 11 heteroatoms. The maximum absolute atomic E-state index is 13.0. The van der Waals surface area contributed by atoms with Gasteiger partial charge in [0.25, 0.3) is 0 Å². The fourth-order valence-electron chi connectivity index (χ4n) is 11.8. The summed E-state index contributed by atoms with van der Waals surface area (Å²) >= 11 is 0. The topological polar surface area (TPSA) is 175 Å². The maximum atomic E-state index is 13.0. The number of hydrogen-bond acceptors (Lipinski definition) is 10. The Hall–Kier alpha value is -2.90. The molecule has 90 heavy (non-hydrogen) atoms. The van der Waals surface area contributed by atoms with Crippen LogP contribution in [-0.4, -0.2) is 100 Å². The van der Waals surface area contributed by atoms with Crippen molar-refractivity contribution in [3.8, 4) is 0 Å². The molecule has 0 saturated carbocycles. The molecular formula is C79H143NO10. The summed E-state index contributed by atoms with van der Waals surface area (Å²) in [5, 5.41) is 54.3. The van der Waals surface area contributed by atoms with Gasteiger partial charge in [-0.15, -0.1) is 0 Å². The Balaban J connectivity index is 1.89. The minimum absolute atomic E-state index is 0.00481. The van der Waals surface area contributed by atoms with Gasteiger partial charge < -0.3 is 45.1 Å². The van der Waals surface area contributed by atoms with E-state index in [4.69, 9.17) is 14.2 Å². The Morgan fingerprint density at radius 2 is 0.789 bits per heavy atom. The highest BCUT2D eigenvalue weighted by molar-refractivity contribution is 5.76. The van der Waals surface area contributed by atoms with Crippen LogP contribution >= 0.6 is 0 Å². The van der Waals surface area contributed by atoms with Crippen LogP contribution < -0.4 is 5.32 Å². The van der Waals surface area contributed by atoms with Crippen LogP contribution in [0, 0.1) is 0 Å². The SMILES string of the molecule is CC/C=C/CC/C=C/CC/C=C/C(O)C(COC1OC(CO)C(O)C(O)C1O)NC(=O)CCCCCCCCCCCCCCCCCCC/C=C\C/C=C\CCCCCCCCCCCCCCCCCOC(=O)CCCCCCC/C=C\CCCCCC. The fourth-order valence-corrected chi connectivity index (χ4v) is 11.8. The van der Waals surface area contributed by atoms with E-state index in [9.17, 15) is 35.1 Å². The van der Waals surface area contributed by atoms with E-state index in [1.807, 2.05) is 6.08 Å². The molecule has 1 fully saturated rings. The average Bonchev–Trinajstić information content (AvgIpc) is 3.68. The van der Waals surface area contributed by atoms with Crippen molar-refractivity contribution < 1.29 is 49.3 Å². The van der Waals surface area contributed by atoms with Crippen LogP contribution in [0.5, 0.6) is 0 Å². The average molecular weight is 1270 g/mol. The van der Waals surface area contributed by atoms with Crippen LogP contribution in [0.1, 0.15) is 354 Å². The zero-order valence-corrected chi connectivity index (χ0v) is 58.3. The zero-order valence-electron chi connectivity index (χ0n) is 58.3. The Morgan fingerprint density at radius 3 is 1.22 bits per heavy atom. The largest absolute Gasteiger partial charge is 0.466 e. The quantitative estimate of drug-likeness (QED) is 0.0195. The van der Waals surface area contributed by atoms with E-state index in [0.29, 0.717) is 19.4 Å². The van der Waals surface area contributed by atoms with Gasteiger partial charge in [-0.05, 0) is 109 Å². The summed E-state index contributed by atoms with van der Waals surface area (Å²) in [6, 6.07) is -0.832. The van der Waals surface area contributed by atoms with Gasteiger partial charge in [0.2, 0.25) is 5.91 Å². The van der Waals surface area contributed by atoms with Gasteiger partial charge in [-0.2, -0.15) is 0 Å². The molecule has 1 rings (SSSR count). The summed E-state index contributed by atoms with van der Waals surface area (Å²) in [7, 11) is 0. The number of nitrogens with one attached hydrogen (secondary N) is 1. The Kier molecular flexibility index (Phi) is 63.9. The number of hydrogen-bond donors (Lipinski definition) is 6. The van der Waals surface area contributed by atoms with Gasteiger partial charge >= 0.3 is 5.97 Å². The number of aliphatic hydroxyl groups excluding tert-OH is 5. The van der Waals surface area contributed by atoms with E-state index < -0.39 is 49.5 Å². The zero-order chi connectivity index (χ0) is 65.1. The lowest BCUT2D eigenvalue weighted by atomic mass is 9.99. The number of allylic oxidation sites excluding steroid dienone is 11. The molecular weight excluding hydrogens is 1120 g/mol. The van der Waals surface area contributed by atoms with Gasteiger partial charge in [-0.25, -0.2) is 0 Å². The van der Waals surface area contributed by atoms with Crippen molar-refractivity contribution in [1.82, 2.24) is 5.32 Å². The van der Waals surface area contributed by atoms with Crippen molar-refractivity contribution in [2.45, 2.75) is 397 Å². The lowest BCUT2D eigenvalue weighted by Crippen LogP contribution is -2.60. The summed E-state index contributed by atoms with van der Waals surface area (Å²) < 4.78 is 16.7. The van der Waals surface area contributed by atoms with Crippen LogP contribution in [0.25, 0.3) is 0 Å². The Bertz CT molecular complexity index is 1730. The first kappa shape index (κ1) is 85.1. The third-order valence-electron chi connectivity index (χ3n) is 17.8. The van der Waals surface area contributed by atoms with E-state index in [1.165, 1.54) is 250 Å². The van der Waals surface area contributed by atoms with Crippen molar-refractivity contribution in [1.29, 1.82) is 0 Å². The molecule has 0 aromatic carbocycles. The third-order valence-corrected chi connectivity index (χ3v) is 17.8. The molecule has 0 spiro atoms. The second kappa shape index (κ2) is 67.5. The number of ether oxygens (including phenoxy) is 3. The molecule has 524 valence electrons. The monoisotopic (exact) mass is 1270 g/mol. The molecule has 1 aliphatic rings. The van der Waals surface area contributed by atoms with E-state index in [-0.39, 0.29) is 18.5 Å². The van der Waals surface area contributed by atoms with Crippen LogP contribution in [0.2, 0.25) is 0 Å². The minimum Gasteiger partial charge on any atom is -0.466 e. The van der Waals surface area contributed by atoms with E-state index in [2.05, 4.69) is 79.9 Å². The van der Waals surface area contributed by atoms with Crippen molar-refractivity contribution in [3.05, 3.63) is 72.9 Å². The molecule has 1 aliphatic heterocycles. The van der Waals surface area contributed by atoms with Crippen LogP contribution in [0.4, 0.5) is 0 Å². The molecule has 0 aliphatic carbocycles. The van der Waals surface area contributed by atoms with Gasteiger partial charge in [0.1, 0.15) is 24.4 Å². The summed E-state index contributed by atoms with van der Waals surface area (Å²) in [5.41, 5.74) is 0. The molecule has 7 unspecified atom stereocenters. The van der Waals surface area contributed by atoms with Crippen LogP contribution in [0.15, 0.2) is 72.9 Å². The lowest BCUT2D eigenvalue weighted by Gasteiger charge is -2.40. The standard InChI is InChI=1S/C79H143NO10/c1-3-5-7-9-11-13-15-43-47-51-55-59-63-67-75(84)88-68-64-60-56-52-48-45-42-40-38-36-34-32-30-28-26-24-22-20-18-16-17-19-21-23-25-27-29-31-33-35-37-39-41-44-46-50-54-58-62-66-74(83)80-71(70-89-79-78(87)77(86)76(85)73(69-81)90-79)72(82)65-61-57-53-49-14-12-10-8-6-4-2/h6,8,13-17,20,22,49,61,65,71-73,76-79,81-82,85-87H,3-5,7,9-12,18-19,21,23-48,50-60,62-64,66-70H2,1-2H3,(H,80,83)/b8-6+,15-13-,17-16-,22-20-,49-14+,65-61+. The highest BCUT2D eigenvalue weighted by Crippen LogP contribution is 2.23. The minimum atomic E-state index is -1.58. The van der Waals surface area contributed by atoms with Crippen molar-refractivity contribution in [2.24, 2.45) is 0 Å². The lowest BCUT2D eigenvalue weighted by molar-refractivity contribution is -0.302. The van der Waals surface area contributed by atoms with E-state index in [1.54, 1.807) is 6.08 Å². The first-order valence-electron chi connectivity index (χ1n) is 38.2. The highest BCUT2D eigenvalue weighted by atomic mass is 16.7. The smallest absolute Gasteiger partial charge is 0.305 e. The van der Waals surface area contributed by atoms with Gasteiger partial charge in [0, 0.05) is 12.8 Å². The second-order valence-corrected chi connectivity index (χ2v) is 26.3. The fraction of sp³-hybridized carbons (Fsp3) is 0.823. The van der Waals surface area contributed by atoms with Gasteiger partial charge in [0.15, 0.2) is 6.29 Å². The molecule has 1 saturated heterocycles. The summed E-state index contributed by atoms with van der Waals surface area (Å²) in [5.74, 6) is -0.190. The summed E-state index contributed by atoms with van der Waals surface area (Å²) in [6.45, 7) is 4.21. The van der Waals surface area contributed by atoms with Crippen LogP contribution in [0.3, 0.4) is 0 Å². The van der Waals surface area contributed by atoms with Gasteiger partial charge in [-0.1, -0.05) is 305 Å². The molecule has 0 bridgehead atoms. The molecule has 1 amide bonds. The van der Waals surface area contributed by atoms with Crippen molar-refractivity contribution in [2.75, 3.05) is 19.8 Å². The number of carbonyl (C=O) groups excluding carboxylic acids is 2. The number of amides is 1. The molecule has 0 radical (unpaired) electrons. The highest BCUT2D eigenvalue weighted by Gasteiger charge is 2.44. The second-order valence-electron chi connectivity index (χ2n) is 26.3. The Labute approximate surface area is 553 Å². The number of rotatable bonds is 67. The number of esters is 1. The number of carbonyl (C=O) groups is 2. The van der Waals surface area contributed by atoms with Crippen molar-refractivity contribution >= 4 is 11.9 Å². The number of unbranched alkanes of at least 4 members (excludes halogenated alkanes) is 43.